The Balaban J connectivity index is 4.55. The number of esters is 3. The van der Waals surface area contributed by atoms with E-state index in [4.69, 9.17) is 14.2 Å². The van der Waals surface area contributed by atoms with Crippen molar-refractivity contribution >= 4 is 17.9 Å². The van der Waals surface area contributed by atoms with E-state index in [1.807, 2.05) is 42.5 Å². The van der Waals surface area contributed by atoms with Gasteiger partial charge < -0.3 is 14.2 Å². The predicted molar refractivity (Wildman–Crippen MR) is 242 cm³/mol. The fourth-order valence-corrected chi connectivity index (χ4v) is 5.07. The zero-order valence-corrected chi connectivity index (χ0v) is 35.8. The van der Waals surface area contributed by atoms with Crippen LogP contribution in [0.15, 0.2) is 134 Å². The third kappa shape index (κ3) is 42.5. The second-order valence-electron chi connectivity index (χ2n) is 13.6. The van der Waals surface area contributed by atoms with Crippen molar-refractivity contribution in [3.05, 3.63) is 134 Å². The number of allylic oxidation sites excluding steroid dienone is 21. The molecule has 6 nitrogen and oxygen atoms in total. The quantitative estimate of drug-likeness (QED) is 0.0207. The van der Waals surface area contributed by atoms with Crippen molar-refractivity contribution in [1.82, 2.24) is 0 Å². The molecule has 0 aliphatic heterocycles. The fourth-order valence-electron chi connectivity index (χ4n) is 5.07. The summed E-state index contributed by atoms with van der Waals surface area (Å²) in [6.07, 6.45) is 61.8. The zero-order valence-electron chi connectivity index (χ0n) is 35.8. The molecule has 0 aromatic carbocycles. The van der Waals surface area contributed by atoms with Crippen LogP contribution in [0.1, 0.15) is 149 Å². The highest BCUT2D eigenvalue weighted by Crippen LogP contribution is 2.10. The topological polar surface area (TPSA) is 78.9 Å². The molecule has 0 spiro atoms. The van der Waals surface area contributed by atoms with Crippen molar-refractivity contribution in [2.45, 2.75) is 155 Å². The van der Waals surface area contributed by atoms with Gasteiger partial charge in [0.05, 0.1) is 6.42 Å². The van der Waals surface area contributed by atoms with Crippen LogP contribution in [0.3, 0.4) is 0 Å². The van der Waals surface area contributed by atoms with Crippen LogP contribution in [0.5, 0.6) is 0 Å². The minimum atomic E-state index is -0.846. The molecule has 0 amide bonds. The predicted octanol–water partition coefficient (Wildman–Crippen LogP) is 14.0. The molecule has 316 valence electrons. The molecule has 6 heteroatoms. The van der Waals surface area contributed by atoms with Gasteiger partial charge >= 0.3 is 17.9 Å². The first-order valence-corrected chi connectivity index (χ1v) is 21.8. The molecular weight excluding hydrogens is 709 g/mol. The van der Waals surface area contributed by atoms with E-state index in [2.05, 4.69) is 106 Å². The van der Waals surface area contributed by atoms with E-state index in [1.54, 1.807) is 6.08 Å². The molecule has 0 radical (unpaired) electrons. The van der Waals surface area contributed by atoms with E-state index >= 15 is 0 Å². The van der Waals surface area contributed by atoms with Gasteiger partial charge in [-0.05, 0) is 83.5 Å². The maximum absolute atomic E-state index is 12.7. The minimum absolute atomic E-state index is 0.115. The molecule has 0 saturated heterocycles. The first-order chi connectivity index (χ1) is 28.0. The van der Waals surface area contributed by atoms with Gasteiger partial charge in [0.15, 0.2) is 6.10 Å². The molecule has 0 aliphatic carbocycles. The Morgan fingerprint density at radius 2 is 0.825 bits per heavy atom. The smallest absolute Gasteiger partial charge is 0.309 e. The summed E-state index contributed by atoms with van der Waals surface area (Å²) in [6, 6.07) is 0. The maximum Gasteiger partial charge on any atom is 0.309 e. The van der Waals surface area contributed by atoms with Gasteiger partial charge in [-0.25, -0.2) is 0 Å². The summed E-state index contributed by atoms with van der Waals surface area (Å²) in [6.45, 7) is 6.11. The van der Waals surface area contributed by atoms with Crippen molar-refractivity contribution < 1.29 is 28.6 Å². The van der Waals surface area contributed by atoms with Crippen LogP contribution in [0.2, 0.25) is 0 Å². The van der Waals surface area contributed by atoms with Crippen LogP contribution >= 0.6 is 0 Å². The average Bonchev–Trinajstić information content (AvgIpc) is 3.21. The number of carbonyl (C=O) groups excluding carboxylic acids is 3. The highest BCUT2D eigenvalue weighted by Gasteiger charge is 2.19. The Morgan fingerprint density at radius 1 is 0.404 bits per heavy atom. The van der Waals surface area contributed by atoms with Gasteiger partial charge in [-0.1, -0.05) is 180 Å². The van der Waals surface area contributed by atoms with Crippen LogP contribution in [0.25, 0.3) is 0 Å². The standard InChI is InChI=1S/C51H76O6/c1-4-7-10-13-16-19-21-23-24-25-26-27-28-30-32-35-38-41-44-50(53)56-47-48(46-55-49(52)43-40-37-34-31-18-15-12-9-6-3)57-51(54)45-42-39-36-33-29-22-20-17-14-11-8-5-2/h8-13,16-21,23-27,29,31,33,37,40,48H,4-7,14-15,22,28,30,32,34-36,38-39,41-47H2,1-3H3/b11-8-,12-9-,13-10-,19-16-,20-17-,23-21-,25-24-,27-26-,31-18-,33-29-,40-37-. The number of hydrogen-bond acceptors (Lipinski definition) is 6. The zero-order chi connectivity index (χ0) is 41.5. The highest BCUT2D eigenvalue weighted by molar-refractivity contribution is 5.72. The molecule has 0 fully saturated rings. The number of carbonyl (C=O) groups is 3. The Morgan fingerprint density at radius 3 is 1.42 bits per heavy atom. The van der Waals surface area contributed by atoms with Gasteiger partial charge in [0.25, 0.3) is 0 Å². The average molecular weight is 785 g/mol. The van der Waals surface area contributed by atoms with E-state index in [0.29, 0.717) is 12.8 Å². The summed E-state index contributed by atoms with van der Waals surface area (Å²) in [4.78, 5) is 37.6. The van der Waals surface area contributed by atoms with Crippen LogP contribution in [-0.2, 0) is 28.6 Å². The molecule has 0 aliphatic rings. The molecule has 0 aromatic rings. The maximum atomic E-state index is 12.7. The van der Waals surface area contributed by atoms with Gasteiger partial charge in [-0.3, -0.25) is 14.4 Å². The first kappa shape index (κ1) is 52.6. The summed E-state index contributed by atoms with van der Waals surface area (Å²) in [5, 5.41) is 0. The summed E-state index contributed by atoms with van der Waals surface area (Å²) in [5.74, 6) is -1.15. The lowest BCUT2D eigenvalue weighted by atomic mass is 10.1. The van der Waals surface area contributed by atoms with Gasteiger partial charge in [0.1, 0.15) is 13.2 Å². The second kappa shape index (κ2) is 44.3. The van der Waals surface area contributed by atoms with Gasteiger partial charge in [0, 0.05) is 12.8 Å². The number of ether oxygens (including phenoxy) is 3. The molecule has 1 atom stereocenters. The van der Waals surface area contributed by atoms with Crippen molar-refractivity contribution in [3.63, 3.8) is 0 Å². The fraction of sp³-hybridized carbons (Fsp3) is 0.510. The summed E-state index contributed by atoms with van der Waals surface area (Å²) in [7, 11) is 0. The third-order valence-corrected chi connectivity index (χ3v) is 8.26. The molecular formula is C51H76O6. The summed E-state index contributed by atoms with van der Waals surface area (Å²) >= 11 is 0. The largest absolute Gasteiger partial charge is 0.462 e. The lowest BCUT2D eigenvalue weighted by Crippen LogP contribution is -2.30. The highest BCUT2D eigenvalue weighted by atomic mass is 16.6. The lowest BCUT2D eigenvalue weighted by molar-refractivity contribution is -0.166. The van der Waals surface area contributed by atoms with Crippen molar-refractivity contribution in [2.24, 2.45) is 0 Å². The van der Waals surface area contributed by atoms with Crippen LogP contribution in [0.4, 0.5) is 0 Å². The first-order valence-electron chi connectivity index (χ1n) is 21.8. The Hall–Kier alpha value is -4.45. The van der Waals surface area contributed by atoms with Crippen LogP contribution in [0, 0.1) is 0 Å². The molecule has 1 unspecified atom stereocenters. The molecule has 0 N–H and O–H groups in total. The van der Waals surface area contributed by atoms with Gasteiger partial charge in [0.2, 0.25) is 0 Å². The minimum Gasteiger partial charge on any atom is -0.462 e. The number of unbranched alkanes of at least 4 members (excludes halogenated alkanes) is 8. The molecule has 0 aromatic heterocycles. The molecule has 0 saturated carbocycles. The number of rotatable bonds is 36. The second-order valence-corrected chi connectivity index (χ2v) is 13.6. The van der Waals surface area contributed by atoms with Gasteiger partial charge in [-0.15, -0.1) is 0 Å². The van der Waals surface area contributed by atoms with Crippen molar-refractivity contribution in [2.75, 3.05) is 13.2 Å². The summed E-state index contributed by atoms with van der Waals surface area (Å²) < 4.78 is 16.5. The molecule has 57 heavy (non-hydrogen) atoms. The number of hydrogen-bond donors (Lipinski definition) is 0. The third-order valence-electron chi connectivity index (χ3n) is 8.26. The molecule has 0 rings (SSSR count). The normalized spacial score (nSPS) is 13.4. The lowest BCUT2D eigenvalue weighted by Gasteiger charge is -2.18. The van der Waals surface area contributed by atoms with Crippen LogP contribution in [-0.4, -0.2) is 37.2 Å². The van der Waals surface area contributed by atoms with E-state index in [-0.39, 0.29) is 38.0 Å². The Bertz CT molecular complexity index is 1320. The SMILES string of the molecule is CC/C=C\C/C=C\C/C=C\CCCCC(=O)OC(COC(=O)C/C=C\C/C=C\C/C=C\CC)COC(=O)CCCCCCC\C=C/C=C\C=C/C=C\C=C/CCC. The molecule has 0 bridgehead atoms. The summed E-state index contributed by atoms with van der Waals surface area (Å²) in [5.41, 5.74) is 0. The van der Waals surface area contributed by atoms with Crippen molar-refractivity contribution in [1.29, 1.82) is 0 Å². The monoisotopic (exact) mass is 785 g/mol. The van der Waals surface area contributed by atoms with Gasteiger partial charge in [-0.2, -0.15) is 0 Å². The van der Waals surface area contributed by atoms with E-state index in [0.717, 1.165) is 96.3 Å². The van der Waals surface area contributed by atoms with Crippen molar-refractivity contribution in [3.8, 4) is 0 Å². The molecule has 0 heterocycles. The van der Waals surface area contributed by atoms with E-state index < -0.39 is 12.1 Å². The van der Waals surface area contributed by atoms with Crippen LogP contribution < -0.4 is 0 Å². The van der Waals surface area contributed by atoms with E-state index in [9.17, 15) is 14.4 Å². The van der Waals surface area contributed by atoms with E-state index in [1.165, 1.54) is 6.42 Å². The Kier molecular flexibility index (Phi) is 40.8. The Labute approximate surface area is 347 Å².